The van der Waals surface area contributed by atoms with E-state index in [1.165, 1.54) is 0 Å². The number of amides is 2. The van der Waals surface area contributed by atoms with Gasteiger partial charge in [-0.1, -0.05) is 37.3 Å². The second-order valence-corrected chi connectivity index (χ2v) is 8.71. The molecule has 3 heterocycles. The van der Waals surface area contributed by atoms with Crippen molar-refractivity contribution in [2.75, 3.05) is 31.7 Å². The number of β-amino-alcohol motifs (C(OH)–C–C–N with tert-alkyl or cyclic N) is 1. The maximum atomic E-state index is 12.8. The summed E-state index contributed by atoms with van der Waals surface area (Å²) in [7, 11) is 0. The number of aliphatic hydroxyl groups is 1. The van der Waals surface area contributed by atoms with E-state index in [9.17, 15) is 14.7 Å². The third kappa shape index (κ3) is 4.21. The first kappa shape index (κ1) is 20.5. The molecule has 0 radical (unpaired) electrons. The monoisotopic (exact) mass is 410 g/mol. The minimum atomic E-state index is -0.969. The molecule has 4 rings (SSSR count). The molecule has 2 aliphatic heterocycles. The van der Waals surface area contributed by atoms with Crippen LogP contribution in [-0.2, 0) is 4.79 Å². The molecule has 1 fully saturated rings. The van der Waals surface area contributed by atoms with Crippen LogP contribution in [0.25, 0.3) is 0 Å². The summed E-state index contributed by atoms with van der Waals surface area (Å²) in [6.07, 6.45) is 3.30. The summed E-state index contributed by atoms with van der Waals surface area (Å²) in [5.41, 5.74) is 4.98. The number of hydrogen-bond donors (Lipinski definition) is 2. The number of carbonyl (C=O) groups excluding carboxylic acids is 2. The predicted molar refractivity (Wildman–Crippen MR) is 115 cm³/mol. The molecule has 160 valence electrons. The Kier molecular flexibility index (Phi) is 5.56. The molecule has 7 nitrogen and oxygen atoms in total. The quantitative estimate of drug-likeness (QED) is 0.793. The number of hydrogen-bond acceptors (Lipinski definition) is 4. The van der Waals surface area contributed by atoms with Gasteiger partial charge in [-0.15, -0.1) is 0 Å². The highest BCUT2D eigenvalue weighted by molar-refractivity contribution is 5.94. The van der Waals surface area contributed by atoms with Crippen LogP contribution in [0.3, 0.4) is 0 Å². The third-order valence-corrected chi connectivity index (χ3v) is 6.28. The van der Waals surface area contributed by atoms with Crippen molar-refractivity contribution in [1.29, 1.82) is 0 Å². The van der Waals surface area contributed by atoms with Gasteiger partial charge in [-0.05, 0) is 42.9 Å². The molecule has 0 spiro atoms. The van der Waals surface area contributed by atoms with Gasteiger partial charge in [0.25, 0.3) is 5.91 Å². The Hall–Kier alpha value is -2.80. The molecule has 30 heavy (non-hydrogen) atoms. The minimum Gasteiger partial charge on any atom is -0.388 e. The van der Waals surface area contributed by atoms with E-state index in [4.69, 9.17) is 0 Å². The van der Waals surface area contributed by atoms with Crippen LogP contribution in [0.4, 0.5) is 0 Å². The molecule has 1 aromatic heterocycles. The Morgan fingerprint density at radius 1 is 1.23 bits per heavy atom. The standard InChI is InChI=1S/C23H30N4O3/c1-17-12-20-22(29)26(16-24-27(20)14-17)15-23(30)8-10-25(11-9-23)21(28)13-18(2)19-6-4-3-5-7-19/h3-7,12,14,18,24,30H,8-11,13,15-16H2,1-2H3. The number of aromatic nitrogens is 1. The Balaban J connectivity index is 1.31. The maximum absolute atomic E-state index is 12.8. The number of benzene rings is 1. The fourth-order valence-corrected chi connectivity index (χ4v) is 4.39. The average molecular weight is 411 g/mol. The normalized spacial score (nSPS) is 19.2. The lowest BCUT2D eigenvalue weighted by Crippen LogP contribution is -2.56. The molecule has 2 aliphatic rings. The molecule has 2 N–H and O–H groups in total. The topological polar surface area (TPSA) is 77.8 Å². The molecule has 1 saturated heterocycles. The van der Waals surface area contributed by atoms with Gasteiger partial charge in [0.1, 0.15) is 12.4 Å². The van der Waals surface area contributed by atoms with Gasteiger partial charge in [0, 0.05) is 25.7 Å². The first-order chi connectivity index (χ1) is 14.3. The first-order valence-corrected chi connectivity index (χ1v) is 10.6. The number of likely N-dealkylation sites (tertiary alicyclic amines) is 1. The second-order valence-electron chi connectivity index (χ2n) is 8.71. The zero-order chi connectivity index (χ0) is 21.3. The minimum absolute atomic E-state index is 0.0783. The highest BCUT2D eigenvalue weighted by Crippen LogP contribution is 2.27. The third-order valence-electron chi connectivity index (χ3n) is 6.28. The molecule has 1 aromatic carbocycles. The van der Waals surface area contributed by atoms with Gasteiger partial charge in [0.05, 0.1) is 12.1 Å². The molecule has 0 saturated carbocycles. The van der Waals surface area contributed by atoms with E-state index >= 15 is 0 Å². The van der Waals surface area contributed by atoms with Crippen molar-refractivity contribution in [2.24, 2.45) is 0 Å². The summed E-state index contributed by atoms with van der Waals surface area (Å²) >= 11 is 0. The zero-order valence-corrected chi connectivity index (χ0v) is 17.7. The number of rotatable bonds is 5. The van der Waals surface area contributed by atoms with E-state index in [0.29, 0.717) is 44.7 Å². The van der Waals surface area contributed by atoms with Gasteiger partial charge in [0.2, 0.25) is 5.91 Å². The highest BCUT2D eigenvalue weighted by Gasteiger charge is 2.38. The lowest BCUT2D eigenvalue weighted by molar-refractivity contribution is -0.136. The van der Waals surface area contributed by atoms with Crippen molar-refractivity contribution in [3.05, 3.63) is 59.4 Å². The fourth-order valence-electron chi connectivity index (χ4n) is 4.39. The van der Waals surface area contributed by atoms with Gasteiger partial charge in [-0.3, -0.25) is 14.3 Å². The van der Waals surface area contributed by atoms with Gasteiger partial charge >= 0.3 is 0 Å². The summed E-state index contributed by atoms with van der Waals surface area (Å²) in [6.45, 7) is 5.68. The molecule has 2 aromatic rings. The molecule has 2 amide bonds. The smallest absolute Gasteiger partial charge is 0.273 e. The molecular formula is C23H30N4O3. The Morgan fingerprint density at radius 2 is 1.93 bits per heavy atom. The fraction of sp³-hybridized carbons (Fsp3) is 0.478. The lowest BCUT2D eigenvalue weighted by atomic mass is 9.89. The van der Waals surface area contributed by atoms with E-state index in [1.54, 1.807) is 9.58 Å². The van der Waals surface area contributed by atoms with E-state index in [0.717, 1.165) is 11.1 Å². The molecular weight excluding hydrogens is 380 g/mol. The second kappa shape index (κ2) is 8.14. The summed E-state index contributed by atoms with van der Waals surface area (Å²) in [5, 5.41) is 11.1. The summed E-state index contributed by atoms with van der Waals surface area (Å²) in [4.78, 5) is 29.0. The first-order valence-electron chi connectivity index (χ1n) is 10.6. The molecule has 1 atom stereocenters. The Labute approximate surface area is 177 Å². The van der Waals surface area contributed by atoms with Crippen molar-refractivity contribution in [3.63, 3.8) is 0 Å². The number of carbonyl (C=O) groups is 2. The van der Waals surface area contributed by atoms with Crippen molar-refractivity contribution in [3.8, 4) is 0 Å². The van der Waals surface area contributed by atoms with Gasteiger partial charge in [0.15, 0.2) is 0 Å². The van der Waals surface area contributed by atoms with Crippen molar-refractivity contribution in [2.45, 2.75) is 44.6 Å². The molecule has 0 bridgehead atoms. The Bertz CT molecular complexity index is 916. The zero-order valence-electron chi connectivity index (χ0n) is 17.7. The van der Waals surface area contributed by atoms with Crippen LogP contribution < -0.4 is 5.43 Å². The van der Waals surface area contributed by atoms with E-state index < -0.39 is 5.60 Å². The van der Waals surface area contributed by atoms with Crippen LogP contribution in [0, 0.1) is 6.92 Å². The van der Waals surface area contributed by atoms with Gasteiger partial charge in [-0.2, -0.15) is 0 Å². The van der Waals surface area contributed by atoms with Gasteiger partial charge < -0.3 is 20.3 Å². The largest absolute Gasteiger partial charge is 0.388 e. The van der Waals surface area contributed by atoms with Crippen LogP contribution >= 0.6 is 0 Å². The number of nitrogens with zero attached hydrogens (tertiary/aromatic N) is 3. The van der Waals surface area contributed by atoms with Crippen LogP contribution in [0.15, 0.2) is 42.6 Å². The maximum Gasteiger partial charge on any atom is 0.273 e. The SMILES string of the molecule is Cc1cc2n(c1)NCN(CC1(O)CCN(C(=O)CC(C)c3ccccc3)CC1)C2=O. The lowest BCUT2D eigenvalue weighted by Gasteiger charge is -2.42. The van der Waals surface area contributed by atoms with Crippen molar-refractivity contribution >= 4 is 11.8 Å². The number of fused-ring (bicyclic) bond motifs is 1. The average Bonchev–Trinajstić information content (AvgIpc) is 3.12. The van der Waals surface area contributed by atoms with Crippen molar-refractivity contribution in [1.82, 2.24) is 14.5 Å². The number of piperidine rings is 1. The van der Waals surface area contributed by atoms with E-state index in [1.807, 2.05) is 42.3 Å². The number of aryl methyl sites for hydroxylation is 1. The van der Waals surface area contributed by atoms with Crippen LogP contribution in [0.5, 0.6) is 0 Å². The van der Waals surface area contributed by atoms with Crippen molar-refractivity contribution < 1.29 is 14.7 Å². The molecule has 7 heteroatoms. The summed E-state index contributed by atoms with van der Waals surface area (Å²) < 4.78 is 1.74. The molecule has 0 aliphatic carbocycles. The highest BCUT2D eigenvalue weighted by atomic mass is 16.3. The summed E-state index contributed by atoms with van der Waals surface area (Å²) in [5.74, 6) is 0.208. The van der Waals surface area contributed by atoms with E-state index in [2.05, 4.69) is 24.5 Å². The van der Waals surface area contributed by atoms with E-state index in [-0.39, 0.29) is 24.3 Å². The Morgan fingerprint density at radius 3 is 2.63 bits per heavy atom. The van der Waals surface area contributed by atoms with Crippen LogP contribution in [0.1, 0.15) is 53.7 Å². The van der Waals surface area contributed by atoms with Crippen LogP contribution in [-0.4, -0.2) is 63.3 Å². The summed E-state index contributed by atoms with van der Waals surface area (Å²) in [6, 6.07) is 11.9. The number of nitrogens with one attached hydrogen (secondary N) is 1. The molecule has 1 unspecified atom stereocenters. The predicted octanol–water partition coefficient (Wildman–Crippen LogP) is 2.30. The van der Waals surface area contributed by atoms with Gasteiger partial charge in [-0.25, -0.2) is 0 Å². The van der Waals surface area contributed by atoms with Crippen LogP contribution in [0.2, 0.25) is 0 Å².